The predicted molar refractivity (Wildman–Crippen MR) is 253 cm³/mol. The van der Waals surface area contributed by atoms with Crippen LogP contribution in [0.2, 0.25) is 0 Å². The average molecular weight is 808 g/mol. The van der Waals surface area contributed by atoms with E-state index in [1.165, 1.54) is 11.3 Å². The molecule has 3 atom stereocenters. The van der Waals surface area contributed by atoms with Crippen molar-refractivity contribution >= 4 is 90.0 Å². The van der Waals surface area contributed by atoms with Crippen LogP contribution in [0.15, 0.2) is 162 Å². The van der Waals surface area contributed by atoms with Crippen LogP contribution in [0.25, 0.3) is 55.1 Å². The second-order valence-corrected chi connectivity index (χ2v) is 16.8. The molecule has 0 radical (unpaired) electrons. The monoisotopic (exact) mass is 807 g/mol. The van der Waals surface area contributed by atoms with Crippen LogP contribution in [0.3, 0.4) is 0 Å². The normalized spacial score (nSPS) is 18.4. The molecule has 2 aliphatic rings. The Morgan fingerprint density at radius 3 is 2.00 bits per heavy atom. The number of quaternary nitrogens is 1. The van der Waals surface area contributed by atoms with Gasteiger partial charge < -0.3 is 9.32 Å². The maximum atomic E-state index is 6.67. The summed E-state index contributed by atoms with van der Waals surface area (Å²) in [6.45, 7) is 8.82. The molecule has 3 aromatic heterocycles. The highest BCUT2D eigenvalue weighted by Gasteiger charge is 2.52. The molecule has 0 aliphatic carbocycles. The number of para-hydroxylation sites is 5. The Kier molecular flexibility index (Phi) is 7.86. The van der Waals surface area contributed by atoms with E-state index in [1.807, 2.05) is 36.4 Å². The minimum Gasteiger partial charge on any atom is -0.454 e. The van der Waals surface area contributed by atoms with Crippen molar-refractivity contribution in [2.75, 3.05) is 21.7 Å². The van der Waals surface area contributed by atoms with Gasteiger partial charge in [0, 0.05) is 34.6 Å². The molecular formula is C53H43N8O+. The molecule has 62 heavy (non-hydrogen) atoms. The third-order valence-corrected chi connectivity index (χ3v) is 13.2. The van der Waals surface area contributed by atoms with Gasteiger partial charge in [-0.25, -0.2) is 19.4 Å². The highest BCUT2D eigenvalue weighted by atomic mass is 16.3. The fourth-order valence-corrected chi connectivity index (χ4v) is 10.0. The van der Waals surface area contributed by atoms with E-state index in [0.29, 0.717) is 4.48 Å². The van der Waals surface area contributed by atoms with Gasteiger partial charge in [0.1, 0.15) is 17.4 Å². The van der Waals surface area contributed by atoms with Crippen LogP contribution < -0.4 is 19.2 Å². The van der Waals surface area contributed by atoms with E-state index in [4.69, 9.17) is 24.4 Å². The van der Waals surface area contributed by atoms with E-state index in [-0.39, 0.29) is 12.3 Å². The fourth-order valence-electron chi connectivity index (χ4n) is 10.0. The van der Waals surface area contributed by atoms with E-state index in [2.05, 4.69) is 171 Å². The summed E-state index contributed by atoms with van der Waals surface area (Å²) in [5.74, 6) is 3.40. The van der Waals surface area contributed by atoms with Gasteiger partial charge in [-0.05, 0) is 98.1 Å². The standard InChI is InChI=1S/C53H43N8O/c1-32-16-9-13-24-46(32)61(5)35(4)60(52-53(61)57-43-23-12-11-22-42(43)55-52)39-20-15-17-36(30-39)37-27-29-44-45(31-37)56-51-50(54-44)58(38-18-7-6-8-19-38)34(3)59(51)48-33(2)26-28-41-40-21-10-14-25-47(40)62-49(41)48/h6-31,34-35H,1-5H3/q+1. The van der Waals surface area contributed by atoms with Gasteiger partial charge in [0.2, 0.25) is 5.82 Å². The second-order valence-electron chi connectivity index (χ2n) is 16.8. The molecule has 0 bridgehead atoms. The van der Waals surface area contributed by atoms with Crippen LogP contribution in [0, 0.1) is 13.8 Å². The lowest BCUT2D eigenvalue weighted by Crippen LogP contribution is -2.50. The zero-order valence-electron chi connectivity index (χ0n) is 35.2. The van der Waals surface area contributed by atoms with Gasteiger partial charge in [-0.15, -0.1) is 0 Å². The first-order valence-corrected chi connectivity index (χ1v) is 21.2. The Bertz CT molecular complexity index is 3440. The Hall–Kier alpha value is -7.62. The summed E-state index contributed by atoms with van der Waals surface area (Å²) in [5, 5.41) is 2.18. The lowest BCUT2D eigenvalue weighted by molar-refractivity contribution is 0.381. The van der Waals surface area contributed by atoms with Crippen LogP contribution >= 0.6 is 0 Å². The number of aryl methyl sites for hydroxylation is 2. The summed E-state index contributed by atoms with van der Waals surface area (Å²) in [5.41, 5.74) is 13.8. The molecule has 300 valence electrons. The van der Waals surface area contributed by atoms with Crippen molar-refractivity contribution in [1.29, 1.82) is 0 Å². The summed E-state index contributed by atoms with van der Waals surface area (Å²) in [7, 11) is 2.26. The third-order valence-electron chi connectivity index (χ3n) is 13.2. The van der Waals surface area contributed by atoms with Gasteiger partial charge in [-0.3, -0.25) is 9.80 Å². The first-order valence-electron chi connectivity index (χ1n) is 21.2. The molecule has 12 rings (SSSR count). The van der Waals surface area contributed by atoms with Gasteiger partial charge in [0.25, 0.3) is 5.82 Å². The molecule has 3 unspecified atom stereocenters. The first kappa shape index (κ1) is 36.2. The Morgan fingerprint density at radius 1 is 0.500 bits per heavy atom. The average Bonchev–Trinajstić information content (AvgIpc) is 3.89. The smallest absolute Gasteiger partial charge is 0.279 e. The summed E-state index contributed by atoms with van der Waals surface area (Å²) >= 11 is 0. The quantitative estimate of drug-likeness (QED) is 0.159. The highest BCUT2D eigenvalue weighted by molar-refractivity contribution is 6.11. The van der Waals surface area contributed by atoms with Crippen molar-refractivity contribution in [2.24, 2.45) is 0 Å². The van der Waals surface area contributed by atoms with E-state index < -0.39 is 0 Å². The van der Waals surface area contributed by atoms with E-state index in [1.54, 1.807) is 0 Å². The molecule has 9 nitrogen and oxygen atoms in total. The SMILES string of the molecule is Cc1ccccc1[N+]1(C)c2nc3ccccc3nc2N(c2cccc(-c3ccc4nc5c(nc4c3)N(c3c(C)ccc4c3oc3ccccc34)C(C)N5c3ccccc3)c2)C1C. The van der Waals surface area contributed by atoms with Gasteiger partial charge in [0.05, 0.1) is 34.8 Å². The largest absolute Gasteiger partial charge is 0.454 e. The van der Waals surface area contributed by atoms with Crippen molar-refractivity contribution in [2.45, 2.75) is 40.0 Å². The van der Waals surface area contributed by atoms with E-state index in [9.17, 15) is 0 Å². The number of hydrogen-bond acceptors (Lipinski definition) is 8. The summed E-state index contributed by atoms with van der Waals surface area (Å²) in [6, 6.07) is 55.0. The first-order chi connectivity index (χ1) is 30.3. The molecule has 0 saturated heterocycles. The van der Waals surface area contributed by atoms with Crippen molar-refractivity contribution < 1.29 is 4.42 Å². The summed E-state index contributed by atoms with van der Waals surface area (Å²) in [4.78, 5) is 28.5. The van der Waals surface area contributed by atoms with Crippen molar-refractivity contribution in [3.8, 4) is 11.1 Å². The maximum Gasteiger partial charge on any atom is 0.279 e. The third kappa shape index (κ3) is 5.18. The maximum absolute atomic E-state index is 6.67. The lowest BCUT2D eigenvalue weighted by Gasteiger charge is -2.35. The minimum atomic E-state index is -0.146. The molecular weight excluding hydrogens is 765 g/mol. The Balaban J connectivity index is 1.00. The van der Waals surface area contributed by atoms with Crippen molar-refractivity contribution in [1.82, 2.24) is 24.4 Å². The number of hydrogen-bond donors (Lipinski definition) is 0. The zero-order chi connectivity index (χ0) is 41.9. The molecule has 10 aromatic rings. The summed E-state index contributed by atoms with van der Waals surface area (Å²) in [6.07, 6.45) is -0.185. The van der Waals surface area contributed by atoms with E-state index in [0.717, 1.165) is 101 Å². The Labute approximate surface area is 359 Å². The number of fused-ring (bicyclic) bond motifs is 7. The molecule has 0 spiro atoms. The van der Waals surface area contributed by atoms with Crippen LogP contribution in [0.5, 0.6) is 0 Å². The topological polar surface area (TPSA) is 74.4 Å². The van der Waals surface area contributed by atoms with Crippen molar-refractivity contribution in [3.05, 3.63) is 169 Å². The highest BCUT2D eigenvalue weighted by Crippen LogP contribution is 2.53. The molecule has 5 heterocycles. The number of rotatable bonds is 5. The van der Waals surface area contributed by atoms with Gasteiger partial charge >= 0.3 is 0 Å². The number of benzene rings is 7. The van der Waals surface area contributed by atoms with Gasteiger partial charge in [-0.1, -0.05) is 97.1 Å². The lowest BCUT2D eigenvalue weighted by atomic mass is 10.0. The zero-order valence-corrected chi connectivity index (χ0v) is 35.2. The molecule has 2 aliphatic heterocycles. The van der Waals surface area contributed by atoms with Crippen LogP contribution in [-0.4, -0.2) is 39.3 Å². The molecule has 7 aromatic carbocycles. The van der Waals surface area contributed by atoms with Gasteiger partial charge in [-0.2, -0.15) is 4.98 Å². The molecule has 0 saturated carbocycles. The number of nitrogens with zero attached hydrogens (tertiary/aromatic N) is 8. The van der Waals surface area contributed by atoms with Crippen LogP contribution in [0.4, 0.5) is 46.0 Å². The fraction of sp³-hybridized carbons (Fsp3) is 0.132. The van der Waals surface area contributed by atoms with Gasteiger partial charge in [0.15, 0.2) is 23.4 Å². The molecule has 0 amide bonds. The second kappa shape index (κ2) is 13.4. The number of aromatic nitrogens is 4. The number of anilines is 6. The predicted octanol–water partition coefficient (Wildman–Crippen LogP) is 13.2. The van der Waals surface area contributed by atoms with Crippen LogP contribution in [-0.2, 0) is 0 Å². The van der Waals surface area contributed by atoms with Crippen LogP contribution in [0.1, 0.15) is 25.0 Å². The molecule has 9 heteroatoms. The molecule has 0 fully saturated rings. The van der Waals surface area contributed by atoms with E-state index >= 15 is 0 Å². The minimum absolute atomic E-state index is 0.0385. The number of furan rings is 1. The Morgan fingerprint density at radius 2 is 1.16 bits per heavy atom. The molecule has 0 N–H and O–H groups in total. The van der Waals surface area contributed by atoms with Crippen molar-refractivity contribution in [3.63, 3.8) is 0 Å². The summed E-state index contributed by atoms with van der Waals surface area (Å²) < 4.78 is 7.17.